The van der Waals surface area contributed by atoms with Crippen LogP contribution in [-0.4, -0.2) is 42.0 Å². The van der Waals surface area contributed by atoms with E-state index in [1.54, 1.807) is 12.1 Å². The summed E-state index contributed by atoms with van der Waals surface area (Å²) in [6.45, 7) is 5.41. The van der Waals surface area contributed by atoms with Gasteiger partial charge in [-0.3, -0.25) is 14.9 Å². The van der Waals surface area contributed by atoms with Crippen molar-refractivity contribution in [3.05, 3.63) is 148 Å². The van der Waals surface area contributed by atoms with Crippen molar-refractivity contribution in [2.45, 2.75) is 16.7 Å². The van der Waals surface area contributed by atoms with Gasteiger partial charge in [-0.2, -0.15) is 0 Å². The molecule has 1 aromatic heterocycles. The molecule has 0 bridgehead atoms. The van der Waals surface area contributed by atoms with Gasteiger partial charge in [0.25, 0.3) is 5.69 Å². The van der Waals surface area contributed by atoms with Crippen LogP contribution in [0.3, 0.4) is 0 Å². The first-order valence-corrected chi connectivity index (χ1v) is 19.1. The van der Waals surface area contributed by atoms with Crippen molar-refractivity contribution < 1.29 is 9.72 Å². The summed E-state index contributed by atoms with van der Waals surface area (Å²) < 4.78 is 8.52. The van der Waals surface area contributed by atoms with Crippen molar-refractivity contribution in [1.29, 1.82) is 0 Å². The van der Waals surface area contributed by atoms with Crippen molar-refractivity contribution in [3.8, 4) is 22.4 Å². The van der Waals surface area contributed by atoms with Gasteiger partial charge in [-0.15, -0.1) is 0 Å². The highest BCUT2D eigenvalue weighted by molar-refractivity contribution is 8.00. The topological polar surface area (TPSA) is 95.7 Å². The Balaban J connectivity index is 0.981. The third kappa shape index (κ3) is 8.02. The highest BCUT2D eigenvalue weighted by Crippen LogP contribution is 2.40. The third-order valence-corrected chi connectivity index (χ3v) is 11.4. The zero-order chi connectivity index (χ0) is 36.9. The van der Waals surface area contributed by atoms with Gasteiger partial charge in [0.05, 0.1) is 10.6 Å². The Labute approximate surface area is 322 Å². The number of carbonyl (C=O) groups is 1. The number of hydrogen-bond acceptors (Lipinski definition) is 9. The summed E-state index contributed by atoms with van der Waals surface area (Å²) in [7, 11) is 2.00. The normalized spacial score (nSPS) is 12.8. The Morgan fingerprint density at radius 2 is 1.42 bits per heavy atom. The van der Waals surface area contributed by atoms with E-state index >= 15 is 0 Å². The number of piperazine rings is 1. The van der Waals surface area contributed by atoms with Crippen LogP contribution in [0.25, 0.3) is 22.4 Å². The number of anilines is 4. The Bertz CT molecular complexity index is 2240. The third-order valence-electron chi connectivity index (χ3n) is 9.46. The number of aromatic nitrogens is 1. The molecule has 5 aromatic carbocycles. The number of benzene rings is 5. The van der Waals surface area contributed by atoms with E-state index in [-0.39, 0.29) is 10.6 Å². The van der Waals surface area contributed by atoms with E-state index in [1.165, 1.54) is 23.9 Å². The molecule has 0 spiro atoms. The van der Waals surface area contributed by atoms with Crippen LogP contribution in [0.15, 0.2) is 131 Å². The molecule has 1 aliphatic rings. The SMILES string of the molecule is Cc1c(C=O)c(-c2cccc(N3CCN(c4ccc(NSc5ccc(NSc6ccccc6)c([N+](=O)[O-])c5)cc4)CC3)c2)c(-c2ccc(Cl)cc2)n1C. The van der Waals surface area contributed by atoms with Crippen molar-refractivity contribution >= 4 is 70.2 Å². The minimum absolute atomic E-state index is 0.0185. The fourth-order valence-corrected chi connectivity index (χ4v) is 8.06. The van der Waals surface area contributed by atoms with Crippen molar-refractivity contribution in [3.63, 3.8) is 0 Å². The minimum atomic E-state index is -0.366. The summed E-state index contributed by atoms with van der Waals surface area (Å²) in [5.74, 6) is 0. The van der Waals surface area contributed by atoms with Gasteiger partial charge in [-0.25, -0.2) is 0 Å². The first kappa shape index (κ1) is 36.0. The average molecular weight is 761 g/mol. The van der Waals surface area contributed by atoms with E-state index in [0.29, 0.717) is 16.3 Å². The second kappa shape index (κ2) is 16.1. The Morgan fingerprint density at radius 1 is 0.736 bits per heavy atom. The maximum absolute atomic E-state index is 12.4. The van der Waals surface area contributed by atoms with Crippen LogP contribution in [0.5, 0.6) is 0 Å². The summed E-state index contributed by atoms with van der Waals surface area (Å²) in [4.78, 5) is 30.3. The zero-order valence-electron chi connectivity index (χ0n) is 29.2. The van der Waals surface area contributed by atoms with Gasteiger partial charge >= 0.3 is 0 Å². The molecule has 1 aliphatic heterocycles. The zero-order valence-corrected chi connectivity index (χ0v) is 31.5. The summed E-state index contributed by atoms with van der Waals surface area (Å²) in [5.41, 5.74) is 9.18. The quantitative estimate of drug-likeness (QED) is 0.0547. The van der Waals surface area contributed by atoms with Crippen LogP contribution in [0, 0.1) is 17.0 Å². The molecule has 0 saturated carbocycles. The van der Waals surface area contributed by atoms with Gasteiger partial charge in [-0.05, 0) is 115 Å². The number of aldehydes is 1. The van der Waals surface area contributed by atoms with Crippen LogP contribution >= 0.6 is 35.5 Å². The Kier molecular flexibility index (Phi) is 11.0. The maximum Gasteiger partial charge on any atom is 0.294 e. The van der Waals surface area contributed by atoms with E-state index in [4.69, 9.17) is 11.6 Å². The van der Waals surface area contributed by atoms with Crippen molar-refractivity contribution in [1.82, 2.24) is 4.57 Å². The van der Waals surface area contributed by atoms with Gasteiger partial charge in [0.1, 0.15) is 5.69 Å². The second-order valence-corrected chi connectivity index (χ2v) is 14.8. The monoisotopic (exact) mass is 760 g/mol. The molecule has 0 atom stereocenters. The van der Waals surface area contributed by atoms with Crippen LogP contribution < -0.4 is 19.2 Å². The van der Waals surface area contributed by atoms with E-state index in [1.807, 2.05) is 86.8 Å². The molecule has 7 rings (SSSR count). The minimum Gasteiger partial charge on any atom is -0.368 e. The van der Waals surface area contributed by atoms with Gasteiger partial charge in [0, 0.05) is 88.0 Å². The molecule has 53 heavy (non-hydrogen) atoms. The highest BCUT2D eigenvalue weighted by Gasteiger charge is 2.23. The Hall–Kier alpha value is -5.36. The largest absolute Gasteiger partial charge is 0.368 e. The van der Waals surface area contributed by atoms with E-state index in [0.717, 1.165) is 87.4 Å². The maximum atomic E-state index is 12.4. The highest BCUT2D eigenvalue weighted by atomic mass is 35.5. The lowest BCUT2D eigenvalue weighted by Gasteiger charge is -2.37. The second-order valence-electron chi connectivity index (χ2n) is 12.6. The molecule has 1 fully saturated rings. The first-order chi connectivity index (χ1) is 25.8. The van der Waals surface area contributed by atoms with Crippen LogP contribution in [0.2, 0.25) is 5.02 Å². The van der Waals surface area contributed by atoms with Gasteiger partial charge in [-0.1, -0.05) is 54.1 Å². The van der Waals surface area contributed by atoms with Gasteiger partial charge < -0.3 is 23.8 Å². The summed E-state index contributed by atoms with van der Waals surface area (Å²) >= 11 is 8.87. The molecular formula is C41H37ClN6O3S2. The molecular weight excluding hydrogens is 724 g/mol. The molecule has 12 heteroatoms. The molecule has 1 saturated heterocycles. The lowest BCUT2D eigenvalue weighted by Crippen LogP contribution is -2.46. The smallest absolute Gasteiger partial charge is 0.294 e. The fraction of sp³-hybridized carbons (Fsp3) is 0.146. The fourth-order valence-electron chi connectivity index (χ4n) is 6.56. The van der Waals surface area contributed by atoms with E-state index < -0.39 is 0 Å². The van der Waals surface area contributed by atoms with Crippen LogP contribution in [0.4, 0.5) is 28.4 Å². The van der Waals surface area contributed by atoms with Crippen molar-refractivity contribution in [2.24, 2.45) is 7.05 Å². The molecule has 0 radical (unpaired) electrons. The number of nitro groups is 1. The molecule has 6 aromatic rings. The molecule has 268 valence electrons. The number of nitrogens with one attached hydrogen (secondary N) is 2. The predicted octanol–water partition coefficient (Wildman–Crippen LogP) is 10.6. The number of hydrogen-bond donors (Lipinski definition) is 2. The number of halogens is 1. The van der Waals surface area contributed by atoms with Gasteiger partial charge in [0.15, 0.2) is 6.29 Å². The average Bonchev–Trinajstić information content (AvgIpc) is 3.46. The molecule has 0 aliphatic carbocycles. The van der Waals surface area contributed by atoms with Crippen molar-refractivity contribution in [2.75, 3.05) is 45.4 Å². The summed E-state index contributed by atoms with van der Waals surface area (Å²) in [6.07, 6.45) is 0.962. The first-order valence-electron chi connectivity index (χ1n) is 17.1. The molecule has 2 N–H and O–H groups in total. The molecule has 2 heterocycles. The predicted molar refractivity (Wildman–Crippen MR) is 221 cm³/mol. The van der Waals surface area contributed by atoms with Gasteiger partial charge in [0.2, 0.25) is 0 Å². The van der Waals surface area contributed by atoms with E-state index in [9.17, 15) is 14.9 Å². The Morgan fingerprint density at radius 3 is 2.09 bits per heavy atom. The summed E-state index contributed by atoms with van der Waals surface area (Å²) in [5, 5.41) is 12.5. The lowest BCUT2D eigenvalue weighted by molar-refractivity contribution is -0.384. The number of carbonyl (C=O) groups excluding carboxylic acids is 1. The molecule has 9 nitrogen and oxygen atoms in total. The molecule has 0 unspecified atom stereocenters. The van der Waals surface area contributed by atoms with Crippen LogP contribution in [-0.2, 0) is 7.05 Å². The van der Waals surface area contributed by atoms with E-state index in [2.05, 4.69) is 60.2 Å². The summed E-state index contributed by atoms with van der Waals surface area (Å²) in [6, 6.07) is 39.4. The van der Waals surface area contributed by atoms with Crippen LogP contribution in [0.1, 0.15) is 16.1 Å². The number of nitro benzene ring substituents is 1. The standard InChI is InChI=1S/C41H37ClN6O3S2/c1-28-37(27-49)40(41(45(28)2)29-11-13-31(42)14-12-29)30-7-6-8-34(25-30)47-23-21-46(22-24-47)33-17-15-32(16-18-33)43-53-36-19-20-38(39(26-36)48(50)51)44-52-35-9-4-3-5-10-35/h3-20,25-27,43-44H,21-24H2,1-2H3. The molecule has 0 amide bonds. The number of rotatable bonds is 12. The lowest BCUT2D eigenvalue weighted by atomic mass is 9.97. The number of nitrogens with zero attached hydrogens (tertiary/aromatic N) is 4.